The van der Waals surface area contributed by atoms with Crippen LogP contribution in [-0.4, -0.2) is 30.6 Å². The number of anilines is 6. The third kappa shape index (κ3) is 3.90. The second kappa shape index (κ2) is 8.47. The molecule has 0 saturated heterocycles. The van der Waals surface area contributed by atoms with Gasteiger partial charge in [0.2, 0.25) is 5.91 Å². The van der Waals surface area contributed by atoms with Gasteiger partial charge in [-0.25, -0.2) is 0 Å². The Labute approximate surface area is 196 Å². The zero-order valence-corrected chi connectivity index (χ0v) is 19.2. The highest BCUT2D eigenvalue weighted by molar-refractivity contribution is 5.96. The van der Waals surface area contributed by atoms with E-state index in [9.17, 15) is 9.90 Å². The molecular formula is C24H26N8O2. The van der Waals surface area contributed by atoms with E-state index in [4.69, 9.17) is 0 Å². The van der Waals surface area contributed by atoms with Crippen molar-refractivity contribution < 1.29 is 9.90 Å². The summed E-state index contributed by atoms with van der Waals surface area (Å²) in [5.74, 6) is 2.21. The van der Waals surface area contributed by atoms with Crippen molar-refractivity contribution in [2.24, 2.45) is 14.1 Å². The maximum absolute atomic E-state index is 11.8. The van der Waals surface area contributed by atoms with E-state index in [1.807, 2.05) is 50.6 Å². The fourth-order valence-corrected chi connectivity index (χ4v) is 4.12. The van der Waals surface area contributed by atoms with Crippen LogP contribution >= 0.6 is 0 Å². The molecule has 4 heterocycles. The Morgan fingerprint density at radius 1 is 0.912 bits per heavy atom. The third-order valence-electron chi connectivity index (χ3n) is 5.91. The summed E-state index contributed by atoms with van der Waals surface area (Å²) in [6, 6.07) is 13.0. The molecule has 0 radical (unpaired) electrons. The molecule has 2 aliphatic heterocycles. The smallest absolute Gasteiger partial charge is 0.224 e. The number of phenolic OH excluding ortho intramolecular Hbond substituents is 1. The average molecular weight is 459 g/mol. The summed E-state index contributed by atoms with van der Waals surface area (Å²) in [5, 5.41) is 27.7. The number of amides is 1. The average Bonchev–Trinajstić information content (AvgIpc) is 3.20. The first kappa shape index (κ1) is 21.4. The maximum Gasteiger partial charge on any atom is 0.224 e. The minimum absolute atomic E-state index is 0.0287. The first-order chi connectivity index (χ1) is 16.4. The predicted molar refractivity (Wildman–Crippen MR) is 132 cm³/mol. The number of rotatable bonds is 0. The molecule has 4 aromatic rings. The molecule has 10 heteroatoms. The summed E-state index contributed by atoms with van der Waals surface area (Å²) in [7, 11) is 3.79. The van der Waals surface area contributed by atoms with E-state index in [-0.39, 0.29) is 11.7 Å². The summed E-state index contributed by atoms with van der Waals surface area (Å²) >= 11 is 0. The molecule has 4 N–H and O–H groups in total. The first-order valence-corrected chi connectivity index (χ1v) is 10.9. The van der Waals surface area contributed by atoms with Gasteiger partial charge in [-0.3, -0.25) is 14.2 Å². The number of aromatic hydroxyl groups is 1. The highest BCUT2D eigenvalue weighted by Crippen LogP contribution is 2.35. The molecule has 34 heavy (non-hydrogen) atoms. The van der Waals surface area contributed by atoms with Gasteiger partial charge in [-0.2, -0.15) is 10.2 Å². The molecule has 0 atom stereocenters. The molecule has 0 spiro atoms. The Bertz CT molecular complexity index is 1370. The fourth-order valence-electron chi connectivity index (χ4n) is 4.12. The van der Waals surface area contributed by atoms with Crippen LogP contribution in [0.25, 0.3) is 0 Å². The number of nitrogens with one attached hydrogen (secondary N) is 3. The van der Waals surface area contributed by atoms with Gasteiger partial charge in [0.1, 0.15) is 17.4 Å². The van der Waals surface area contributed by atoms with E-state index in [1.54, 1.807) is 39.5 Å². The van der Waals surface area contributed by atoms with E-state index >= 15 is 0 Å². The number of carbonyl (C=O) groups excluding carboxylic acids is 1. The second-order valence-corrected chi connectivity index (χ2v) is 8.24. The van der Waals surface area contributed by atoms with E-state index in [1.165, 1.54) is 0 Å². The van der Waals surface area contributed by atoms with Crippen molar-refractivity contribution in [2.45, 2.75) is 20.0 Å². The molecule has 0 bridgehead atoms. The molecule has 6 rings (SSSR count). The number of aromatic nitrogens is 4. The number of benzene rings is 2. The second-order valence-electron chi connectivity index (χ2n) is 8.24. The SMILES string of the molecule is CC(=O)N1Cc2cnn(C)c2Nc2ccccc21.Cn1ncc2c1Nc1ccc(O)cc1NC2. The Hall–Kier alpha value is -4.47. The lowest BCUT2D eigenvalue weighted by molar-refractivity contribution is -0.116. The minimum atomic E-state index is 0.0287. The molecule has 2 aromatic heterocycles. The van der Waals surface area contributed by atoms with Crippen molar-refractivity contribution in [3.8, 4) is 5.75 Å². The van der Waals surface area contributed by atoms with Crippen molar-refractivity contribution in [2.75, 3.05) is 20.9 Å². The quantitative estimate of drug-likeness (QED) is 0.296. The van der Waals surface area contributed by atoms with Gasteiger partial charge in [0, 0.05) is 44.8 Å². The van der Waals surface area contributed by atoms with E-state index < -0.39 is 0 Å². The monoisotopic (exact) mass is 458 g/mol. The Morgan fingerprint density at radius 3 is 2.35 bits per heavy atom. The molecule has 0 saturated carbocycles. The van der Waals surface area contributed by atoms with Gasteiger partial charge in [-0.1, -0.05) is 12.1 Å². The van der Waals surface area contributed by atoms with Crippen LogP contribution in [0, 0.1) is 0 Å². The lowest BCUT2D eigenvalue weighted by Crippen LogP contribution is -2.27. The lowest BCUT2D eigenvalue weighted by Gasteiger charge is -2.20. The normalized spacial score (nSPS) is 13.2. The highest BCUT2D eigenvalue weighted by atomic mass is 16.3. The minimum Gasteiger partial charge on any atom is -0.508 e. The predicted octanol–water partition coefficient (Wildman–Crippen LogP) is 3.83. The lowest BCUT2D eigenvalue weighted by atomic mass is 10.2. The summed E-state index contributed by atoms with van der Waals surface area (Å²) in [6.07, 6.45) is 3.63. The number of hydrogen-bond acceptors (Lipinski definition) is 7. The van der Waals surface area contributed by atoms with E-state index in [2.05, 4.69) is 26.1 Å². The third-order valence-corrected chi connectivity index (χ3v) is 5.91. The van der Waals surface area contributed by atoms with E-state index in [0.717, 1.165) is 45.5 Å². The van der Waals surface area contributed by atoms with Crippen LogP contribution in [0.4, 0.5) is 34.4 Å². The van der Waals surface area contributed by atoms with Crippen molar-refractivity contribution in [3.63, 3.8) is 0 Å². The van der Waals surface area contributed by atoms with Crippen LogP contribution in [0.15, 0.2) is 54.9 Å². The fraction of sp³-hybridized carbons (Fsp3) is 0.208. The van der Waals surface area contributed by atoms with Crippen LogP contribution in [-0.2, 0) is 32.0 Å². The number of carbonyl (C=O) groups is 1. The zero-order valence-electron chi connectivity index (χ0n) is 19.2. The molecule has 174 valence electrons. The Morgan fingerprint density at radius 2 is 1.59 bits per heavy atom. The highest BCUT2D eigenvalue weighted by Gasteiger charge is 2.23. The molecular weight excluding hydrogens is 432 g/mol. The molecule has 10 nitrogen and oxygen atoms in total. The number of fused-ring (bicyclic) bond motifs is 4. The van der Waals surface area contributed by atoms with Gasteiger partial charge in [0.05, 0.1) is 41.7 Å². The summed E-state index contributed by atoms with van der Waals surface area (Å²) in [4.78, 5) is 13.6. The summed E-state index contributed by atoms with van der Waals surface area (Å²) in [6.45, 7) is 2.83. The van der Waals surface area contributed by atoms with Gasteiger partial charge in [0.15, 0.2) is 0 Å². The Balaban J connectivity index is 0.000000142. The number of hydrogen-bond donors (Lipinski definition) is 4. The molecule has 0 aliphatic carbocycles. The molecule has 0 unspecified atom stereocenters. The number of nitrogens with zero attached hydrogens (tertiary/aromatic N) is 5. The van der Waals surface area contributed by atoms with Crippen LogP contribution in [0.1, 0.15) is 18.1 Å². The standard InChI is InChI=1S/C13H14N4O.C11H12N4O/c1-9(18)17-8-10-7-14-16(2)13(10)15-11-5-3-4-6-12(11)17;1-15-11-7(6-13-15)5-12-10-4-8(16)2-3-9(10)14-11/h3-7,15H,8H2,1-2H3;2-4,6,12,14,16H,5H2,1H3. The summed E-state index contributed by atoms with van der Waals surface area (Å²) in [5.41, 5.74) is 5.80. The van der Waals surface area contributed by atoms with Crippen LogP contribution in [0.3, 0.4) is 0 Å². The first-order valence-electron chi connectivity index (χ1n) is 10.9. The van der Waals surface area contributed by atoms with Gasteiger partial charge in [-0.05, 0) is 24.3 Å². The summed E-state index contributed by atoms with van der Waals surface area (Å²) < 4.78 is 3.59. The Kier molecular flexibility index (Phi) is 5.33. The number of para-hydroxylation sites is 2. The molecule has 0 fully saturated rings. The number of phenols is 1. The van der Waals surface area contributed by atoms with Crippen molar-refractivity contribution in [1.82, 2.24) is 19.6 Å². The van der Waals surface area contributed by atoms with E-state index in [0.29, 0.717) is 13.1 Å². The topological polar surface area (TPSA) is 112 Å². The molecule has 2 aromatic carbocycles. The van der Waals surface area contributed by atoms with Crippen molar-refractivity contribution in [1.29, 1.82) is 0 Å². The van der Waals surface area contributed by atoms with Crippen LogP contribution in [0.2, 0.25) is 0 Å². The van der Waals surface area contributed by atoms with Gasteiger partial charge >= 0.3 is 0 Å². The van der Waals surface area contributed by atoms with Gasteiger partial charge < -0.3 is 26.0 Å². The van der Waals surface area contributed by atoms with Crippen molar-refractivity contribution >= 4 is 40.3 Å². The van der Waals surface area contributed by atoms with Crippen LogP contribution in [0.5, 0.6) is 5.75 Å². The number of aryl methyl sites for hydroxylation is 2. The maximum atomic E-state index is 11.8. The van der Waals surface area contributed by atoms with Crippen molar-refractivity contribution in [3.05, 3.63) is 66.0 Å². The molecule has 1 amide bonds. The largest absolute Gasteiger partial charge is 0.508 e. The van der Waals surface area contributed by atoms with Gasteiger partial charge in [-0.15, -0.1) is 0 Å². The van der Waals surface area contributed by atoms with Crippen LogP contribution < -0.4 is 20.9 Å². The van der Waals surface area contributed by atoms with Gasteiger partial charge in [0.25, 0.3) is 0 Å². The zero-order chi connectivity index (χ0) is 23.8. The molecule has 2 aliphatic rings.